The molecular weight excluding hydrogens is 520 g/mol. The van der Waals surface area contributed by atoms with E-state index in [4.69, 9.17) is 14.2 Å². The molecule has 1 aromatic heterocycles. The van der Waals surface area contributed by atoms with Crippen LogP contribution in [-0.4, -0.2) is 36.0 Å². The Kier molecular flexibility index (Phi) is 10.4. The van der Waals surface area contributed by atoms with E-state index < -0.39 is 23.9 Å². The molecule has 3 aromatic rings. The number of benzene rings is 2. The van der Waals surface area contributed by atoms with Crippen molar-refractivity contribution < 1.29 is 28.6 Å². The first-order valence-electron chi connectivity index (χ1n) is 13.6. The zero-order chi connectivity index (χ0) is 30.3. The van der Waals surface area contributed by atoms with Gasteiger partial charge < -0.3 is 19.5 Å². The number of methoxy groups -OCH3 is 1. The lowest BCUT2D eigenvalue weighted by atomic mass is 9.92. The molecule has 216 valence electrons. The van der Waals surface area contributed by atoms with E-state index in [-0.39, 0.29) is 23.6 Å². The molecule has 0 radical (unpaired) electrons. The second kappa shape index (κ2) is 13.7. The van der Waals surface area contributed by atoms with Gasteiger partial charge in [0.25, 0.3) is 5.91 Å². The Morgan fingerprint density at radius 2 is 1.44 bits per heavy atom. The number of hydrogen-bond donors (Lipinski definition) is 1. The molecule has 41 heavy (non-hydrogen) atoms. The molecule has 0 aliphatic heterocycles. The maximum atomic E-state index is 13.2. The summed E-state index contributed by atoms with van der Waals surface area (Å²) in [6.45, 7) is 13.2. The average molecular weight is 559 g/mol. The van der Waals surface area contributed by atoms with Gasteiger partial charge in [0, 0.05) is 24.3 Å². The monoisotopic (exact) mass is 558 g/mol. The van der Waals surface area contributed by atoms with Crippen molar-refractivity contribution in [1.82, 2.24) is 10.3 Å². The highest BCUT2D eigenvalue weighted by Crippen LogP contribution is 2.32. The fourth-order valence-electron chi connectivity index (χ4n) is 4.65. The fraction of sp³-hybridized carbons (Fsp3) is 0.333. The molecule has 0 spiro atoms. The molecule has 3 rings (SSSR count). The summed E-state index contributed by atoms with van der Waals surface area (Å²) < 4.78 is 16.5. The first-order valence-corrected chi connectivity index (χ1v) is 13.6. The Balaban J connectivity index is 1.92. The molecule has 1 heterocycles. The van der Waals surface area contributed by atoms with Crippen LogP contribution >= 0.6 is 0 Å². The minimum absolute atomic E-state index is 0.102. The largest absolute Gasteiger partial charge is 0.493 e. The second-order valence-electron chi connectivity index (χ2n) is 10.2. The van der Waals surface area contributed by atoms with Crippen LogP contribution in [0, 0.1) is 27.7 Å². The van der Waals surface area contributed by atoms with Crippen LogP contribution in [0.1, 0.15) is 77.5 Å². The lowest BCUT2D eigenvalue weighted by Crippen LogP contribution is -2.40. The third-order valence-corrected chi connectivity index (χ3v) is 6.30. The minimum Gasteiger partial charge on any atom is -0.493 e. The van der Waals surface area contributed by atoms with Gasteiger partial charge in [-0.05, 0) is 59.1 Å². The van der Waals surface area contributed by atoms with Gasteiger partial charge in [0.1, 0.15) is 11.8 Å². The van der Waals surface area contributed by atoms with Crippen molar-refractivity contribution in [2.75, 3.05) is 7.11 Å². The Labute approximate surface area is 241 Å². The number of ether oxygens (including phenoxy) is 3. The number of rotatable bonds is 10. The van der Waals surface area contributed by atoms with Gasteiger partial charge in [-0.2, -0.15) is 0 Å². The summed E-state index contributed by atoms with van der Waals surface area (Å²) in [4.78, 5) is 42.6. The maximum Gasteiger partial charge on any atom is 0.333 e. The van der Waals surface area contributed by atoms with E-state index in [1.54, 1.807) is 6.92 Å². The number of esters is 2. The zero-order valence-electron chi connectivity index (χ0n) is 25.0. The van der Waals surface area contributed by atoms with Crippen LogP contribution in [0.2, 0.25) is 0 Å². The summed E-state index contributed by atoms with van der Waals surface area (Å²) in [5.41, 5.74) is 6.81. The number of carbonyl (C=O) groups is 3. The molecule has 0 bridgehead atoms. The summed E-state index contributed by atoms with van der Waals surface area (Å²) >= 11 is 0. The molecule has 8 heteroatoms. The predicted molar refractivity (Wildman–Crippen MR) is 158 cm³/mol. The van der Waals surface area contributed by atoms with E-state index in [0.29, 0.717) is 12.2 Å². The molecule has 0 fully saturated rings. The molecule has 1 N–H and O–H groups in total. The van der Waals surface area contributed by atoms with Crippen molar-refractivity contribution >= 4 is 23.4 Å². The van der Waals surface area contributed by atoms with Gasteiger partial charge in [-0.3, -0.25) is 9.59 Å². The van der Waals surface area contributed by atoms with E-state index >= 15 is 0 Å². The molecular formula is C33H38N2O6. The molecule has 0 saturated carbocycles. The number of pyridine rings is 1. The van der Waals surface area contributed by atoms with E-state index in [1.165, 1.54) is 26.3 Å². The number of nitrogens with zero attached hydrogens (tertiary/aromatic N) is 1. The van der Waals surface area contributed by atoms with Gasteiger partial charge >= 0.3 is 11.9 Å². The van der Waals surface area contributed by atoms with Crippen molar-refractivity contribution in [3.8, 4) is 11.5 Å². The Hall–Kier alpha value is -4.46. The second-order valence-corrected chi connectivity index (χ2v) is 10.2. The van der Waals surface area contributed by atoms with Gasteiger partial charge in [-0.1, -0.05) is 65.6 Å². The summed E-state index contributed by atoms with van der Waals surface area (Å²) in [6, 6.07) is 12.8. The Morgan fingerprint density at radius 1 is 0.902 bits per heavy atom. The number of allylic oxidation sites excluding steroid dienone is 1. The molecule has 0 unspecified atom stereocenters. The predicted octanol–water partition coefficient (Wildman–Crippen LogP) is 6.17. The van der Waals surface area contributed by atoms with Crippen LogP contribution in [0.15, 0.2) is 54.4 Å². The fourth-order valence-corrected chi connectivity index (χ4v) is 4.65. The minimum atomic E-state index is -1.04. The van der Waals surface area contributed by atoms with Crippen LogP contribution in [0.4, 0.5) is 0 Å². The van der Waals surface area contributed by atoms with Gasteiger partial charge in [0.05, 0.1) is 7.11 Å². The average Bonchev–Trinajstić information content (AvgIpc) is 2.87. The van der Waals surface area contributed by atoms with E-state index in [2.05, 4.69) is 46.7 Å². The Morgan fingerprint density at radius 3 is 1.93 bits per heavy atom. The van der Waals surface area contributed by atoms with Crippen LogP contribution in [0.3, 0.4) is 0 Å². The highest BCUT2D eigenvalue weighted by atomic mass is 16.6. The quantitative estimate of drug-likeness (QED) is 0.234. The third-order valence-electron chi connectivity index (χ3n) is 6.30. The first kappa shape index (κ1) is 31.1. The maximum absolute atomic E-state index is 13.2. The van der Waals surface area contributed by atoms with Crippen molar-refractivity contribution in [2.45, 2.75) is 67.3 Å². The summed E-state index contributed by atoms with van der Waals surface area (Å²) in [6.07, 6.45) is 2.10. The molecule has 1 amide bonds. The number of amides is 1. The highest BCUT2D eigenvalue weighted by Gasteiger charge is 2.26. The molecule has 8 nitrogen and oxygen atoms in total. The number of aromatic nitrogens is 1. The summed E-state index contributed by atoms with van der Waals surface area (Å²) in [5, 5.41) is 2.61. The highest BCUT2D eigenvalue weighted by molar-refractivity contribution is 5.99. The molecule has 2 aromatic carbocycles. The van der Waals surface area contributed by atoms with E-state index in [1.807, 2.05) is 34.6 Å². The third kappa shape index (κ3) is 8.03. The molecule has 0 aliphatic rings. The van der Waals surface area contributed by atoms with Crippen LogP contribution in [0.25, 0.3) is 5.57 Å². The molecule has 1 atom stereocenters. The number of carbonyl (C=O) groups excluding carboxylic acids is 3. The summed E-state index contributed by atoms with van der Waals surface area (Å²) in [7, 11) is 1.40. The van der Waals surface area contributed by atoms with Crippen LogP contribution < -0.4 is 14.8 Å². The van der Waals surface area contributed by atoms with Crippen molar-refractivity contribution in [3.05, 3.63) is 93.5 Å². The zero-order valence-corrected chi connectivity index (χ0v) is 25.0. The molecule has 0 aliphatic carbocycles. The van der Waals surface area contributed by atoms with Gasteiger partial charge in [0.15, 0.2) is 11.4 Å². The van der Waals surface area contributed by atoms with Gasteiger partial charge in [-0.15, -0.1) is 0 Å². The van der Waals surface area contributed by atoms with Crippen LogP contribution in [0.5, 0.6) is 11.5 Å². The lowest BCUT2D eigenvalue weighted by molar-refractivity contribution is -0.141. The van der Waals surface area contributed by atoms with E-state index in [0.717, 1.165) is 39.0 Å². The number of aryl methyl sites for hydroxylation is 4. The van der Waals surface area contributed by atoms with Crippen LogP contribution in [-0.2, 0) is 14.3 Å². The van der Waals surface area contributed by atoms with E-state index in [9.17, 15) is 14.4 Å². The standard InChI is InChI=1S/C33H38N2O6/c1-9-10-28(36)41-31-27(39-8)11-12-34-30(31)32(37)35-23(6)33(38)40-24(7)29(25-15-19(2)13-20(3)16-25)26-17-21(4)14-22(5)18-26/h11-18,23H,9-10H2,1-8H3,(H,35,37)/t23-/m0/s1. The number of nitrogens with one attached hydrogen (secondary N) is 1. The number of hydrogen-bond acceptors (Lipinski definition) is 7. The van der Waals surface area contributed by atoms with Crippen molar-refractivity contribution in [2.24, 2.45) is 0 Å². The van der Waals surface area contributed by atoms with Gasteiger partial charge in [-0.25, -0.2) is 9.78 Å². The normalized spacial score (nSPS) is 11.3. The first-order chi connectivity index (χ1) is 19.4. The van der Waals surface area contributed by atoms with Crippen molar-refractivity contribution in [3.63, 3.8) is 0 Å². The smallest absolute Gasteiger partial charge is 0.333 e. The van der Waals surface area contributed by atoms with Gasteiger partial charge in [0.2, 0.25) is 5.75 Å². The van der Waals surface area contributed by atoms with Crippen molar-refractivity contribution in [1.29, 1.82) is 0 Å². The Bertz CT molecular complexity index is 1400. The SMILES string of the molecule is CCCC(=O)Oc1c(OC)ccnc1C(=O)N[C@@H](C)C(=O)OC(C)=C(c1cc(C)cc(C)c1)c1cc(C)cc(C)c1. The lowest BCUT2D eigenvalue weighted by Gasteiger charge is -2.19. The summed E-state index contributed by atoms with van der Waals surface area (Å²) in [5.74, 6) is -1.41. The topological polar surface area (TPSA) is 104 Å². The molecule has 0 saturated heterocycles.